The Bertz CT molecular complexity index is 665. The molecule has 0 aliphatic heterocycles. The van der Waals surface area contributed by atoms with Crippen LogP contribution in [0.15, 0.2) is 40.4 Å². The smallest absolute Gasteiger partial charge is 0.340 e. The molecule has 7 heteroatoms. The number of carbonyl (C=O) groups excluding carboxylic acids is 1. The number of benzene rings is 1. The van der Waals surface area contributed by atoms with E-state index in [1.54, 1.807) is 0 Å². The van der Waals surface area contributed by atoms with E-state index in [4.69, 9.17) is 5.73 Å². The maximum absolute atomic E-state index is 13.1. The van der Waals surface area contributed by atoms with Gasteiger partial charge in [-0.1, -0.05) is 11.8 Å². The van der Waals surface area contributed by atoms with Crippen molar-refractivity contribution in [3.05, 3.63) is 47.7 Å². The average molecular weight is 296 g/mol. The Morgan fingerprint density at radius 3 is 2.70 bits per heavy atom. The van der Waals surface area contributed by atoms with Gasteiger partial charge in [-0.25, -0.2) is 18.6 Å². The third-order valence-corrected chi connectivity index (χ3v) is 3.35. The number of methoxy groups -OCH3 is 1. The number of ether oxygens (including phenoxy) is 1. The highest BCUT2D eigenvalue weighted by molar-refractivity contribution is 7.99. The van der Waals surface area contributed by atoms with Crippen LogP contribution in [0.25, 0.3) is 0 Å². The molecule has 0 aliphatic carbocycles. The first kappa shape index (κ1) is 14.3. The van der Waals surface area contributed by atoms with Crippen molar-refractivity contribution in [3.63, 3.8) is 0 Å². The summed E-state index contributed by atoms with van der Waals surface area (Å²) in [5, 5.41) is 0.422. The van der Waals surface area contributed by atoms with E-state index in [0.717, 1.165) is 23.9 Å². The van der Waals surface area contributed by atoms with Crippen LogP contribution in [-0.2, 0) is 4.74 Å². The molecule has 0 saturated carbocycles. The highest BCUT2D eigenvalue weighted by Gasteiger charge is 2.13. The van der Waals surface area contributed by atoms with E-state index < -0.39 is 17.6 Å². The van der Waals surface area contributed by atoms with Gasteiger partial charge < -0.3 is 10.5 Å². The molecule has 1 heterocycles. The van der Waals surface area contributed by atoms with Gasteiger partial charge in [0.2, 0.25) is 0 Å². The largest absolute Gasteiger partial charge is 0.465 e. The van der Waals surface area contributed by atoms with Crippen LogP contribution in [0, 0.1) is 11.6 Å². The number of esters is 1. The Labute approximate surface area is 118 Å². The summed E-state index contributed by atoms with van der Waals surface area (Å²) in [5.41, 5.74) is 5.98. The van der Waals surface area contributed by atoms with Gasteiger partial charge >= 0.3 is 5.97 Å². The summed E-state index contributed by atoms with van der Waals surface area (Å²) >= 11 is 1.08. The number of pyridine rings is 1. The van der Waals surface area contributed by atoms with Crippen molar-refractivity contribution in [2.24, 2.45) is 0 Å². The van der Waals surface area contributed by atoms with E-state index in [9.17, 15) is 13.6 Å². The number of anilines is 1. The fourth-order valence-electron chi connectivity index (χ4n) is 1.45. The molecule has 4 nitrogen and oxygen atoms in total. The standard InChI is InChI=1S/C13H10F2N2O2S/c1-19-13(18)8-5-12(17-6-11(8)16)20-7-2-3-9(14)10(15)4-7/h2-6H,16H2,1H3. The maximum Gasteiger partial charge on any atom is 0.340 e. The van der Waals surface area contributed by atoms with Gasteiger partial charge in [0.1, 0.15) is 5.03 Å². The van der Waals surface area contributed by atoms with Crippen molar-refractivity contribution in [1.29, 1.82) is 0 Å². The monoisotopic (exact) mass is 296 g/mol. The molecular formula is C13H10F2N2O2S. The minimum Gasteiger partial charge on any atom is -0.465 e. The van der Waals surface area contributed by atoms with Crippen molar-refractivity contribution < 1.29 is 18.3 Å². The Morgan fingerprint density at radius 1 is 1.30 bits per heavy atom. The fraction of sp³-hybridized carbons (Fsp3) is 0.0769. The van der Waals surface area contributed by atoms with E-state index in [2.05, 4.69) is 9.72 Å². The van der Waals surface area contributed by atoms with Crippen LogP contribution < -0.4 is 5.73 Å². The number of hydrogen-bond acceptors (Lipinski definition) is 5. The van der Waals surface area contributed by atoms with Crippen LogP contribution in [-0.4, -0.2) is 18.1 Å². The number of hydrogen-bond donors (Lipinski definition) is 1. The average Bonchev–Trinajstić information content (AvgIpc) is 2.44. The molecule has 0 spiro atoms. The van der Waals surface area contributed by atoms with Crippen molar-refractivity contribution in [3.8, 4) is 0 Å². The molecule has 0 amide bonds. The quantitative estimate of drug-likeness (QED) is 0.882. The molecule has 2 rings (SSSR count). The fourth-order valence-corrected chi connectivity index (χ4v) is 2.27. The predicted octanol–water partition coefficient (Wildman–Crippen LogP) is 2.88. The number of aromatic nitrogens is 1. The van der Waals surface area contributed by atoms with Crippen molar-refractivity contribution in [2.45, 2.75) is 9.92 Å². The molecule has 1 aromatic carbocycles. The zero-order valence-corrected chi connectivity index (χ0v) is 11.2. The molecule has 0 atom stereocenters. The van der Waals surface area contributed by atoms with Gasteiger partial charge in [0.25, 0.3) is 0 Å². The molecule has 0 bridgehead atoms. The number of nitrogens with zero attached hydrogens (tertiary/aromatic N) is 1. The molecule has 0 fully saturated rings. The first-order valence-electron chi connectivity index (χ1n) is 5.48. The Kier molecular flexibility index (Phi) is 4.19. The van der Waals surface area contributed by atoms with Crippen LogP contribution in [0.5, 0.6) is 0 Å². The Balaban J connectivity index is 2.29. The summed E-state index contributed by atoms with van der Waals surface area (Å²) in [6.07, 6.45) is 1.31. The molecule has 2 N–H and O–H groups in total. The van der Waals surface area contributed by atoms with Crippen LogP contribution in [0.2, 0.25) is 0 Å². The van der Waals surface area contributed by atoms with Gasteiger partial charge in [-0.05, 0) is 24.3 Å². The Morgan fingerprint density at radius 2 is 2.05 bits per heavy atom. The third-order valence-electron chi connectivity index (χ3n) is 2.43. The van der Waals surface area contributed by atoms with Gasteiger partial charge in [0.15, 0.2) is 11.6 Å². The first-order valence-corrected chi connectivity index (χ1v) is 6.29. The number of rotatable bonds is 3. The Hall–Kier alpha value is -2.15. The number of nitrogens with two attached hydrogens (primary N) is 1. The summed E-state index contributed by atoms with van der Waals surface area (Å²) in [6.45, 7) is 0. The topological polar surface area (TPSA) is 65.2 Å². The summed E-state index contributed by atoms with van der Waals surface area (Å²) < 4.78 is 30.5. The van der Waals surface area contributed by atoms with Crippen LogP contribution in [0.1, 0.15) is 10.4 Å². The minimum absolute atomic E-state index is 0.174. The zero-order chi connectivity index (χ0) is 14.7. The third kappa shape index (κ3) is 3.05. The predicted molar refractivity (Wildman–Crippen MR) is 70.5 cm³/mol. The van der Waals surface area contributed by atoms with E-state index in [1.807, 2.05) is 0 Å². The lowest BCUT2D eigenvalue weighted by Crippen LogP contribution is -2.06. The van der Waals surface area contributed by atoms with Crippen LogP contribution in [0.4, 0.5) is 14.5 Å². The molecule has 1 aromatic heterocycles. The number of halogens is 2. The molecule has 0 unspecified atom stereocenters. The second kappa shape index (κ2) is 5.87. The molecule has 0 aliphatic rings. The molecule has 2 aromatic rings. The van der Waals surface area contributed by atoms with Crippen molar-refractivity contribution in [1.82, 2.24) is 4.98 Å². The molecule has 20 heavy (non-hydrogen) atoms. The lowest BCUT2D eigenvalue weighted by atomic mass is 10.2. The highest BCUT2D eigenvalue weighted by atomic mass is 32.2. The van der Waals surface area contributed by atoms with Gasteiger partial charge in [-0.15, -0.1) is 0 Å². The molecule has 0 saturated heterocycles. The van der Waals surface area contributed by atoms with E-state index in [1.165, 1.54) is 25.4 Å². The van der Waals surface area contributed by atoms with E-state index in [0.29, 0.717) is 9.92 Å². The second-order valence-electron chi connectivity index (χ2n) is 3.78. The van der Waals surface area contributed by atoms with Crippen molar-refractivity contribution in [2.75, 3.05) is 12.8 Å². The van der Waals surface area contributed by atoms with Gasteiger partial charge in [0.05, 0.1) is 24.6 Å². The van der Waals surface area contributed by atoms with Gasteiger partial charge in [-0.3, -0.25) is 0 Å². The normalized spacial score (nSPS) is 10.3. The van der Waals surface area contributed by atoms with E-state index >= 15 is 0 Å². The van der Waals surface area contributed by atoms with Gasteiger partial charge in [-0.2, -0.15) is 0 Å². The zero-order valence-electron chi connectivity index (χ0n) is 10.4. The lowest BCUT2D eigenvalue weighted by molar-refractivity contribution is 0.0601. The molecular weight excluding hydrogens is 286 g/mol. The van der Waals surface area contributed by atoms with Crippen LogP contribution in [0.3, 0.4) is 0 Å². The van der Waals surface area contributed by atoms with Crippen LogP contribution >= 0.6 is 11.8 Å². The number of nitrogen functional groups attached to an aromatic ring is 1. The van der Waals surface area contributed by atoms with Gasteiger partial charge in [0, 0.05) is 4.90 Å². The summed E-state index contributed by atoms with van der Waals surface area (Å²) in [4.78, 5) is 16.0. The van der Waals surface area contributed by atoms with Crippen molar-refractivity contribution >= 4 is 23.4 Å². The summed E-state index contributed by atoms with van der Waals surface area (Å²) in [7, 11) is 1.24. The summed E-state index contributed by atoms with van der Waals surface area (Å²) in [6, 6.07) is 4.93. The lowest BCUT2D eigenvalue weighted by Gasteiger charge is -2.06. The molecule has 0 radical (unpaired) electrons. The first-order chi connectivity index (χ1) is 9.51. The SMILES string of the molecule is COC(=O)c1cc(Sc2ccc(F)c(F)c2)ncc1N. The minimum atomic E-state index is -0.946. The number of carbonyl (C=O) groups is 1. The maximum atomic E-state index is 13.1. The summed E-state index contributed by atoms with van der Waals surface area (Å²) in [5.74, 6) is -2.45. The second-order valence-corrected chi connectivity index (χ2v) is 4.87. The molecule has 104 valence electrons. The highest BCUT2D eigenvalue weighted by Crippen LogP contribution is 2.29. The van der Waals surface area contributed by atoms with E-state index in [-0.39, 0.29) is 11.3 Å².